The van der Waals surface area contributed by atoms with Crippen LogP contribution < -0.4 is 10.2 Å². The van der Waals surface area contributed by atoms with Crippen LogP contribution in [0.5, 0.6) is 0 Å². The monoisotopic (exact) mass is 400 g/mol. The smallest absolute Gasteiger partial charge is 0.229 e. The molecule has 1 heterocycles. The van der Waals surface area contributed by atoms with Crippen LogP contribution in [0.3, 0.4) is 0 Å². The SMILES string of the molecule is CCc1cc(Br)ccc1NC(=O)[C@@H]1CC(=O)N(c2ccccc2C)C1. The Morgan fingerprint density at radius 2 is 2.04 bits per heavy atom. The third kappa shape index (κ3) is 3.76. The molecule has 25 heavy (non-hydrogen) atoms. The van der Waals surface area contributed by atoms with E-state index in [2.05, 4.69) is 28.2 Å². The molecular weight excluding hydrogens is 380 g/mol. The number of nitrogens with one attached hydrogen (secondary N) is 1. The number of benzene rings is 2. The molecule has 130 valence electrons. The number of para-hydroxylation sites is 1. The van der Waals surface area contributed by atoms with Gasteiger partial charge in [-0.25, -0.2) is 0 Å². The molecular formula is C20H21BrN2O2. The molecule has 0 aromatic heterocycles. The summed E-state index contributed by atoms with van der Waals surface area (Å²) in [5.74, 6) is -0.428. The number of carbonyl (C=O) groups is 2. The van der Waals surface area contributed by atoms with E-state index in [1.165, 1.54) is 0 Å². The molecule has 4 nitrogen and oxygen atoms in total. The van der Waals surface area contributed by atoms with E-state index < -0.39 is 0 Å². The van der Waals surface area contributed by atoms with Crippen molar-refractivity contribution in [3.05, 3.63) is 58.1 Å². The van der Waals surface area contributed by atoms with Gasteiger partial charge >= 0.3 is 0 Å². The zero-order chi connectivity index (χ0) is 18.0. The van der Waals surface area contributed by atoms with Gasteiger partial charge in [0.05, 0.1) is 5.92 Å². The first-order chi connectivity index (χ1) is 12.0. The lowest BCUT2D eigenvalue weighted by molar-refractivity contribution is -0.122. The molecule has 1 fully saturated rings. The van der Waals surface area contributed by atoms with Crippen molar-refractivity contribution in [3.63, 3.8) is 0 Å². The van der Waals surface area contributed by atoms with Crippen molar-refractivity contribution < 1.29 is 9.59 Å². The molecule has 0 unspecified atom stereocenters. The normalized spacial score (nSPS) is 17.0. The molecule has 0 aliphatic carbocycles. The van der Waals surface area contributed by atoms with Crippen LogP contribution in [0.1, 0.15) is 24.5 Å². The highest BCUT2D eigenvalue weighted by molar-refractivity contribution is 9.10. The zero-order valence-electron chi connectivity index (χ0n) is 14.4. The van der Waals surface area contributed by atoms with Crippen LogP contribution in [0, 0.1) is 12.8 Å². The van der Waals surface area contributed by atoms with Crippen molar-refractivity contribution in [2.45, 2.75) is 26.7 Å². The van der Waals surface area contributed by atoms with E-state index in [1.54, 1.807) is 4.90 Å². The van der Waals surface area contributed by atoms with Crippen molar-refractivity contribution in [1.29, 1.82) is 0 Å². The van der Waals surface area contributed by atoms with Gasteiger partial charge in [-0.2, -0.15) is 0 Å². The number of halogens is 1. The fourth-order valence-corrected chi connectivity index (χ4v) is 3.60. The number of aryl methyl sites for hydroxylation is 2. The molecule has 0 radical (unpaired) electrons. The Morgan fingerprint density at radius 1 is 1.28 bits per heavy atom. The lowest BCUT2D eigenvalue weighted by Gasteiger charge is -2.19. The summed E-state index contributed by atoms with van der Waals surface area (Å²) in [7, 11) is 0. The summed E-state index contributed by atoms with van der Waals surface area (Å²) >= 11 is 3.45. The maximum absolute atomic E-state index is 12.7. The Labute approximate surface area is 156 Å². The van der Waals surface area contributed by atoms with E-state index in [9.17, 15) is 9.59 Å². The van der Waals surface area contributed by atoms with Crippen LogP contribution in [0.15, 0.2) is 46.9 Å². The maximum atomic E-state index is 12.7. The molecule has 2 aromatic rings. The van der Waals surface area contributed by atoms with Crippen LogP contribution in [0.25, 0.3) is 0 Å². The van der Waals surface area contributed by atoms with Gasteiger partial charge in [0.25, 0.3) is 0 Å². The first-order valence-electron chi connectivity index (χ1n) is 8.45. The Balaban J connectivity index is 1.74. The second-order valence-corrected chi connectivity index (χ2v) is 7.25. The molecule has 1 saturated heterocycles. The molecule has 5 heteroatoms. The fraction of sp³-hybridized carbons (Fsp3) is 0.300. The Bertz CT molecular complexity index is 819. The van der Waals surface area contributed by atoms with Crippen molar-refractivity contribution in [1.82, 2.24) is 0 Å². The maximum Gasteiger partial charge on any atom is 0.229 e. The molecule has 3 rings (SSSR count). The second-order valence-electron chi connectivity index (χ2n) is 6.34. The minimum Gasteiger partial charge on any atom is -0.326 e. The van der Waals surface area contributed by atoms with Gasteiger partial charge in [0, 0.05) is 28.8 Å². The van der Waals surface area contributed by atoms with Crippen molar-refractivity contribution in [2.24, 2.45) is 5.92 Å². The fourth-order valence-electron chi connectivity index (χ4n) is 3.19. The quantitative estimate of drug-likeness (QED) is 0.830. The molecule has 1 aliphatic rings. The largest absolute Gasteiger partial charge is 0.326 e. The molecule has 1 N–H and O–H groups in total. The average Bonchev–Trinajstić information content (AvgIpc) is 2.98. The summed E-state index contributed by atoms with van der Waals surface area (Å²) in [6, 6.07) is 13.6. The summed E-state index contributed by atoms with van der Waals surface area (Å²) in [4.78, 5) is 26.8. The number of rotatable bonds is 4. The molecule has 2 aromatic carbocycles. The summed E-state index contributed by atoms with van der Waals surface area (Å²) in [6.45, 7) is 4.45. The number of anilines is 2. The lowest BCUT2D eigenvalue weighted by Crippen LogP contribution is -2.28. The van der Waals surface area contributed by atoms with E-state index in [0.29, 0.717) is 6.54 Å². The highest BCUT2D eigenvalue weighted by atomic mass is 79.9. The number of hydrogen-bond donors (Lipinski definition) is 1. The molecule has 0 bridgehead atoms. The number of amides is 2. The van der Waals surface area contributed by atoms with Gasteiger partial charge in [0.2, 0.25) is 11.8 Å². The van der Waals surface area contributed by atoms with Gasteiger partial charge in [-0.15, -0.1) is 0 Å². The van der Waals surface area contributed by atoms with E-state index in [4.69, 9.17) is 0 Å². The van der Waals surface area contributed by atoms with Crippen molar-refractivity contribution in [2.75, 3.05) is 16.8 Å². The molecule has 1 aliphatic heterocycles. The summed E-state index contributed by atoms with van der Waals surface area (Å²) in [5, 5.41) is 3.00. The summed E-state index contributed by atoms with van der Waals surface area (Å²) < 4.78 is 0.990. The number of hydrogen-bond acceptors (Lipinski definition) is 2. The average molecular weight is 401 g/mol. The van der Waals surface area contributed by atoms with Crippen molar-refractivity contribution >= 4 is 39.1 Å². The van der Waals surface area contributed by atoms with E-state index in [1.807, 2.05) is 49.4 Å². The third-order valence-electron chi connectivity index (χ3n) is 4.61. The lowest BCUT2D eigenvalue weighted by atomic mass is 10.1. The Hall–Kier alpha value is -2.14. The molecule has 0 saturated carbocycles. The molecule has 1 atom stereocenters. The number of nitrogens with zero attached hydrogens (tertiary/aromatic N) is 1. The van der Waals surface area contributed by atoms with Crippen LogP contribution >= 0.6 is 15.9 Å². The van der Waals surface area contributed by atoms with Crippen LogP contribution in [0.4, 0.5) is 11.4 Å². The van der Waals surface area contributed by atoms with E-state index in [-0.39, 0.29) is 24.2 Å². The minimum absolute atomic E-state index is 0.000899. The summed E-state index contributed by atoms with van der Waals surface area (Å²) in [6.07, 6.45) is 1.08. The van der Waals surface area contributed by atoms with E-state index >= 15 is 0 Å². The zero-order valence-corrected chi connectivity index (χ0v) is 16.0. The summed E-state index contributed by atoms with van der Waals surface area (Å²) in [5.41, 5.74) is 3.82. The minimum atomic E-state index is -0.333. The molecule has 0 spiro atoms. The Morgan fingerprint density at radius 3 is 2.76 bits per heavy atom. The van der Waals surface area contributed by atoms with Gasteiger partial charge < -0.3 is 10.2 Å². The highest BCUT2D eigenvalue weighted by Gasteiger charge is 2.35. The highest BCUT2D eigenvalue weighted by Crippen LogP contribution is 2.29. The van der Waals surface area contributed by atoms with Gasteiger partial charge in [-0.1, -0.05) is 41.1 Å². The van der Waals surface area contributed by atoms with Gasteiger partial charge in [-0.05, 0) is 48.7 Å². The molecule has 2 amide bonds. The van der Waals surface area contributed by atoms with Crippen LogP contribution in [-0.2, 0) is 16.0 Å². The number of carbonyl (C=O) groups excluding carboxylic acids is 2. The Kier molecular flexibility index (Phi) is 5.23. The van der Waals surface area contributed by atoms with Crippen LogP contribution in [-0.4, -0.2) is 18.4 Å². The van der Waals surface area contributed by atoms with Gasteiger partial charge in [-0.3, -0.25) is 9.59 Å². The van der Waals surface area contributed by atoms with Crippen LogP contribution in [0.2, 0.25) is 0 Å². The van der Waals surface area contributed by atoms with Gasteiger partial charge in [0.1, 0.15) is 0 Å². The first kappa shape index (κ1) is 17.7. The predicted molar refractivity (Wildman–Crippen MR) is 104 cm³/mol. The standard InChI is InChI=1S/C20H21BrN2O2/c1-3-14-10-16(21)8-9-17(14)22-20(25)15-11-19(24)23(12-15)18-7-5-4-6-13(18)2/h4-10,15H,3,11-12H2,1-2H3,(H,22,25)/t15-/m1/s1. The third-order valence-corrected chi connectivity index (χ3v) is 5.10. The second kappa shape index (κ2) is 7.40. The van der Waals surface area contributed by atoms with Crippen molar-refractivity contribution in [3.8, 4) is 0 Å². The van der Waals surface area contributed by atoms with Gasteiger partial charge in [0.15, 0.2) is 0 Å². The topological polar surface area (TPSA) is 49.4 Å². The predicted octanol–water partition coefficient (Wildman–Crippen LogP) is 4.31. The first-order valence-corrected chi connectivity index (χ1v) is 9.24. The van der Waals surface area contributed by atoms with E-state index in [0.717, 1.165) is 33.4 Å².